The van der Waals surface area contributed by atoms with Gasteiger partial charge < -0.3 is 15.0 Å². The molecule has 2 saturated heterocycles. The molecule has 5 rings (SSSR count). The van der Waals surface area contributed by atoms with Crippen LogP contribution in [0.3, 0.4) is 0 Å². The number of thioether (sulfide) groups is 1. The summed E-state index contributed by atoms with van der Waals surface area (Å²) in [5, 5.41) is 6.93. The highest BCUT2D eigenvalue weighted by molar-refractivity contribution is 8.01. The van der Waals surface area contributed by atoms with Crippen LogP contribution in [-0.4, -0.2) is 42.7 Å². The number of piperidine rings is 1. The van der Waals surface area contributed by atoms with Crippen LogP contribution in [0.4, 0.5) is 5.69 Å². The van der Waals surface area contributed by atoms with Gasteiger partial charge in [-0.3, -0.25) is 9.59 Å². The lowest BCUT2D eigenvalue weighted by atomic mass is 9.77. The maximum absolute atomic E-state index is 13.4. The number of morpholine rings is 1. The minimum absolute atomic E-state index is 0.104. The van der Waals surface area contributed by atoms with Gasteiger partial charge in [-0.15, -0.1) is 11.8 Å². The molecular weight excluding hydrogens is 500 g/mol. The highest BCUT2D eigenvalue weighted by Crippen LogP contribution is 2.42. The Balaban J connectivity index is 1.43. The first kappa shape index (κ1) is 24.4. The number of nitrogens with one attached hydrogen (secondary N) is 1. The Morgan fingerprint density at radius 1 is 1.14 bits per heavy atom. The number of ether oxygens (including phenoxy) is 1. The zero-order valence-corrected chi connectivity index (χ0v) is 21.8. The number of amides is 1. The Kier molecular flexibility index (Phi) is 7.21. The lowest BCUT2D eigenvalue weighted by molar-refractivity contribution is -0.132. The van der Waals surface area contributed by atoms with Crippen molar-refractivity contribution in [1.29, 1.82) is 0 Å². The molecule has 1 aromatic heterocycles. The van der Waals surface area contributed by atoms with Gasteiger partial charge in [-0.05, 0) is 58.6 Å². The number of thiophene rings is 1. The number of benzene rings is 2. The summed E-state index contributed by atoms with van der Waals surface area (Å²) in [7, 11) is 0. The minimum atomic E-state index is -0.888. The molecule has 2 aliphatic rings. The van der Waals surface area contributed by atoms with Crippen LogP contribution in [0.5, 0.6) is 0 Å². The Morgan fingerprint density at radius 3 is 2.63 bits per heavy atom. The van der Waals surface area contributed by atoms with E-state index in [2.05, 4.69) is 29.3 Å². The lowest BCUT2D eigenvalue weighted by Gasteiger charge is -2.40. The Bertz CT molecular complexity index is 1180. The Hall–Kier alpha value is -2.32. The van der Waals surface area contributed by atoms with E-state index in [1.807, 2.05) is 47.2 Å². The van der Waals surface area contributed by atoms with Gasteiger partial charge in [-0.25, -0.2) is 0 Å². The zero-order valence-electron chi connectivity index (χ0n) is 19.4. The molecule has 3 unspecified atom stereocenters. The summed E-state index contributed by atoms with van der Waals surface area (Å²) in [6.07, 6.45) is 1.41. The molecule has 182 valence electrons. The summed E-state index contributed by atoms with van der Waals surface area (Å²) in [6, 6.07) is 17.5. The first-order valence-corrected chi connectivity index (χ1v) is 14.0. The molecule has 8 heteroatoms. The Labute approximate surface area is 218 Å². The van der Waals surface area contributed by atoms with Gasteiger partial charge in [-0.2, -0.15) is 11.3 Å². The smallest absolute Gasteiger partial charge is 0.242 e. The second-order valence-corrected chi connectivity index (χ2v) is 11.2. The van der Waals surface area contributed by atoms with E-state index in [0.717, 1.165) is 41.2 Å². The first-order valence-electron chi connectivity index (χ1n) is 11.8. The van der Waals surface area contributed by atoms with Crippen molar-refractivity contribution >= 4 is 52.1 Å². The molecule has 3 aromatic rings. The standard InChI is InChI=1S/C27H27ClN2O3S2/c1-2-21-16-30(12-13-33-21)20-9-7-18(8-10-20)27(19-11-14-34-17-19)15-23(31)25(26(32)29-27)35-24-6-4-3-5-22(24)28/h3-11,14,17,21,25H,2,12-13,15-16H2,1H3,(H,29,32). The normalized spacial score (nSPS) is 24.9. The number of hydrogen-bond acceptors (Lipinski definition) is 6. The van der Waals surface area contributed by atoms with Gasteiger partial charge in [0.2, 0.25) is 5.91 Å². The van der Waals surface area contributed by atoms with E-state index in [1.54, 1.807) is 17.4 Å². The number of rotatable bonds is 6. The number of anilines is 1. The van der Waals surface area contributed by atoms with Crippen LogP contribution < -0.4 is 10.2 Å². The fraction of sp³-hybridized carbons (Fsp3) is 0.333. The molecule has 2 aliphatic heterocycles. The molecule has 0 saturated carbocycles. The number of ketones is 1. The summed E-state index contributed by atoms with van der Waals surface area (Å²) in [6.45, 7) is 4.57. The monoisotopic (exact) mass is 526 g/mol. The van der Waals surface area contributed by atoms with Crippen LogP contribution in [0.15, 0.2) is 70.3 Å². The van der Waals surface area contributed by atoms with Crippen molar-refractivity contribution in [3.05, 3.63) is 81.5 Å². The second kappa shape index (κ2) is 10.3. The van der Waals surface area contributed by atoms with Gasteiger partial charge in [0.15, 0.2) is 5.78 Å². The number of nitrogens with zero attached hydrogens (tertiary/aromatic N) is 1. The third-order valence-electron chi connectivity index (χ3n) is 6.72. The number of carbonyl (C=O) groups excluding carboxylic acids is 2. The summed E-state index contributed by atoms with van der Waals surface area (Å²) >= 11 is 9.06. The van der Waals surface area contributed by atoms with Crippen molar-refractivity contribution < 1.29 is 14.3 Å². The van der Waals surface area contributed by atoms with Crippen molar-refractivity contribution in [2.24, 2.45) is 0 Å². The van der Waals surface area contributed by atoms with Crippen molar-refractivity contribution in [2.75, 3.05) is 24.6 Å². The van der Waals surface area contributed by atoms with Crippen molar-refractivity contribution in [2.45, 2.75) is 41.6 Å². The summed E-state index contributed by atoms with van der Waals surface area (Å²) in [4.78, 5) is 29.9. The van der Waals surface area contributed by atoms with Crippen LogP contribution in [0.25, 0.3) is 0 Å². The summed E-state index contributed by atoms with van der Waals surface area (Å²) < 4.78 is 5.81. The number of Topliss-reactive ketones (excluding diaryl/α,β-unsaturated/α-hetero) is 1. The lowest BCUT2D eigenvalue weighted by Crippen LogP contribution is -2.58. The van der Waals surface area contributed by atoms with Gasteiger partial charge in [0.1, 0.15) is 5.25 Å². The largest absolute Gasteiger partial charge is 0.375 e. The highest BCUT2D eigenvalue weighted by Gasteiger charge is 2.47. The maximum Gasteiger partial charge on any atom is 0.242 e. The summed E-state index contributed by atoms with van der Waals surface area (Å²) in [5.41, 5.74) is 2.07. The van der Waals surface area contributed by atoms with E-state index in [4.69, 9.17) is 16.3 Å². The predicted molar refractivity (Wildman–Crippen MR) is 143 cm³/mol. The molecule has 2 fully saturated rings. The van der Waals surface area contributed by atoms with E-state index in [9.17, 15) is 9.59 Å². The van der Waals surface area contributed by atoms with Gasteiger partial charge in [-0.1, -0.05) is 42.8 Å². The number of halogens is 1. The molecule has 5 nitrogen and oxygen atoms in total. The molecule has 3 heterocycles. The second-order valence-electron chi connectivity index (χ2n) is 8.87. The van der Waals surface area contributed by atoms with E-state index in [0.29, 0.717) is 11.6 Å². The van der Waals surface area contributed by atoms with E-state index in [1.165, 1.54) is 11.8 Å². The SMILES string of the molecule is CCC1CN(c2ccc(C3(c4ccsc4)CC(=O)C(Sc4ccccc4Cl)C(=O)N3)cc2)CCO1. The molecule has 0 spiro atoms. The minimum Gasteiger partial charge on any atom is -0.375 e. The number of hydrogen-bond donors (Lipinski definition) is 1. The average molecular weight is 527 g/mol. The molecule has 1 amide bonds. The molecule has 0 bridgehead atoms. The van der Waals surface area contributed by atoms with Crippen molar-refractivity contribution in [3.63, 3.8) is 0 Å². The fourth-order valence-corrected chi connectivity index (χ4v) is 6.76. The van der Waals surface area contributed by atoms with Crippen LogP contribution >= 0.6 is 34.7 Å². The molecule has 0 radical (unpaired) electrons. The van der Waals surface area contributed by atoms with Crippen LogP contribution in [0, 0.1) is 0 Å². The van der Waals surface area contributed by atoms with E-state index >= 15 is 0 Å². The average Bonchev–Trinajstić information content (AvgIpc) is 3.43. The van der Waals surface area contributed by atoms with Crippen molar-refractivity contribution in [3.8, 4) is 0 Å². The quantitative estimate of drug-likeness (QED) is 0.429. The van der Waals surface area contributed by atoms with Gasteiger partial charge in [0.25, 0.3) is 0 Å². The highest BCUT2D eigenvalue weighted by atomic mass is 35.5. The number of carbonyl (C=O) groups is 2. The van der Waals surface area contributed by atoms with E-state index in [-0.39, 0.29) is 24.2 Å². The topological polar surface area (TPSA) is 58.6 Å². The first-order chi connectivity index (χ1) is 17.0. The third-order valence-corrected chi connectivity index (χ3v) is 9.17. The van der Waals surface area contributed by atoms with Gasteiger partial charge in [0.05, 0.1) is 23.3 Å². The van der Waals surface area contributed by atoms with E-state index < -0.39 is 10.8 Å². The van der Waals surface area contributed by atoms with Crippen LogP contribution in [-0.2, 0) is 19.9 Å². The molecule has 2 aromatic carbocycles. The Morgan fingerprint density at radius 2 is 1.94 bits per heavy atom. The maximum atomic E-state index is 13.4. The molecular formula is C27H27ClN2O3S2. The van der Waals surface area contributed by atoms with Crippen molar-refractivity contribution in [1.82, 2.24) is 5.32 Å². The predicted octanol–water partition coefficient (Wildman–Crippen LogP) is 5.51. The molecule has 0 aliphatic carbocycles. The fourth-order valence-electron chi connectivity index (χ4n) is 4.79. The third kappa shape index (κ3) is 4.87. The van der Waals surface area contributed by atoms with Gasteiger partial charge >= 0.3 is 0 Å². The molecule has 1 N–H and O–H groups in total. The zero-order chi connectivity index (χ0) is 24.4. The molecule has 35 heavy (non-hydrogen) atoms. The van der Waals surface area contributed by atoms with Crippen LogP contribution in [0.2, 0.25) is 5.02 Å². The van der Waals surface area contributed by atoms with Gasteiger partial charge in [0, 0.05) is 30.1 Å². The molecule has 3 atom stereocenters. The van der Waals surface area contributed by atoms with Crippen LogP contribution in [0.1, 0.15) is 30.9 Å². The summed E-state index contributed by atoms with van der Waals surface area (Å²) in [5.74, 6) is -0.395.